The first kappa shape index (κ1) is 9.63. The Bertz CT molecular complexity index is 176. The Balaban J connectivity index is 2.57. The average molecular weight is 167 g/mol. The molecule has 1 unspecified atom stereocenters. The van der Waals surface area contributed by atoms with Crippen molar-refractivity contribution in [3.05, 3.63) is 12.3 Å². The monoisotopic (exact) mass is 167 g/mol. The molecule has 0 N–H and O–H groups in total. The second-order valence-electron chi connectivity index (χ2n) is 5.05. The van der Waals surface area contributed by atoms with E-state index in [1.807, 2.05) is 0 Å². The van der Waals surface area contributed by atoms with E-state index in [1.54, 1.807) is 0 Å². The van der Waals surface area contributed by atoms with Gasteiger partial charge < -0.3 is 4.90 Å². The lowest BCUT2D eigenvalue weighted by Crippen LogP contribution is -2.36. The Hall–Kier alpha value is -0.460. The number of hydrogen-bond donors (Lipinski definition) is 0. The van der Waals surface area contributed by atoms with E-state index < -0.39 is 0 Å². The van der Waals surface area contributed by atoms with Gasteiger partial charge in [-0.05, 0) is 24.2 Å². The summed E-state index contributed by atoms with van der Waals surface area (Å²) >= 11 is 0. The zero-order valence-electron chi connectivity index (χ0n) is 8.85. The Morgan fingerprint density at radius 3 is 2.42 bits per heavy atom. The molecule has 1 aliphatic rings. The fourth-order valence-electron chi connectivity index (χ4n) is 1.79. The molecule has 0 aromatic carbocycles. The molecule has 0 aromatic heterocycles. The largest absolute Gasteiger partial charge is 0.378 e. The van der Waals surface area contributed by atoms with Crippen LogP contribution in [-0.2, 0) is 0 Å². The number of piperidine rings is 1. The first-order chi connectivity index (χ1) is 5.41. The molecule has 1 heterocycles. The van der Waals surface area contributed by atoms with Gasteiger partial charge in [0.2, 0.25) is 0 Å². The summed E-state index contributed by atoms with van der Waals surface area (Å²) in [6.07, 6.45) is 2.49. The van der Waals surface area contributed by atoms with Crippen LogP contribution in [0, 0.1) is 11.3 Å². The maximum atomic E-state index is 4.04. The molecule has 0 amide bonds. The van der Waals surface area contributed by atoms with Crippen LogP contribution in [0.15, 0.2) is 12.3 Å². The van der Waals surface area contributed by atoms with E-state index in [9.17, 15) is 0 Å². The summed E-state index contributed by atoms with van der Waals surface area (Å²) in [5, 5.41) is 0. The first-order valence-corrected chi connectivity index (χ1v) is 4.80. The van der Waals surface area contributed by atoms with E-state index in [4.69, 9.17) is 0 Å². The Morgan fingerprint density at radius 1 is 1.42 bits per heavy atom. The van der Waals surface area contributed by atoms with Crippen molar-refractivity contribution in [3.8, 4) is 0 Å². The third kappa shape index (κ3) is 2.02. The third-order valence-electron chi connectivity index (χ3n) is 3.04. The average Bonchev–Trinajstić information content (AvgIpc) is 1.92. The number of rotatable bonds is 0. The molecule has 1 saturated heterocycles. The molecule has 0 saturated carbocycles. The van der Waals surface area contributed by atoms with Crippen LogP contribution in [-0.4, -0.2) is 18.5 Å². The smallest absolute Gasteiger partial charge is 0.0205 e. The van der Waals surface area contributed by atoms with E-state index in [0.717, 1.165) is 5.92 Å². The standard InChI is InChI=1S/C11H21N/c1-9-6-7-10(8-12(9)5)11(2,3)4/h10H,1,6-8H2,2-5H3. The van der Waals surface area contributed by atoms with Crippen LogP contribution in [0.2, 0.25) is 0 Å². The number of allylic oxidation sites excluding steroid dienone is 1. The Morgan fingerprint density at radius 2 is 2.00 bits per heavy atom. The second kappa shape index (κ2) is 3.12. The van der Waals surface area contributed by atoms with Gasteiger partial charge in [0.25, 0.3) is 0 Å². The number of likely N-dealkylation sites (tertiary alicyclic amines) is 1. The molecule has 0 spiro atoms. The minimum atomic E-state index is 0.453. The van der Waals surface area contributed by atoms with Gasteiger partial charge in [-0.15, -0.1) is 0 Å². The van der Waals surface area contributed by atoms with Crippen molar-refractivity contribution >= 4 is 0 Å². The van der Waals surface area contributed by atoms with Gasteiger partial charge in [-0.25, -0.2) is 0 Å². The SMILES string of the molecule is C=C1CCC(C(C)(C)C)CN1C. The summed E-state index contributed by atoms with van der Waals surface area (Å²) in [6.45, 7) is 12.2. The zero-order chi connectivity index (χ0) is 9.35. The molecule has 0 aliphatic carbocycles. The summed E-state index contributed by atoms with van der Waals surface area (Å²) in [4.78, 5) is 2.30. The first-order valence-electron chi connectivity index (χ1n) is 4.80. The molecular formula is C11H21N. The summed E-state index contributed by atoms with van der Waals surface area (Å²) in [5.41, 5.74) is 1.75. The minimum Gasteiger partial charge on any atom is -0.378 e. The summed E-state index contributed by atoms with van der Waals surface area (Å²) in [7, 11) is 2.15. The van der Waals surface area contributed by atoms with Crippen LogP contribution in [0.4, 0.5) is 0 Å². The van der Waals surface area contributed by atoms with Crippen LogP contribution in [0.5, 0.6) is 0 Å². The highest BCUT2D eigenvalue weighted by molar-refractivity contribution is 4.99. The van der Waals surface area contributed by atoms with Gasteiger partial charge in [0.15, 0.2) is 0 Å². The van der Waals surface area contributed by atoms with Crippen molar-refractivity contribution in [1.29, 1.82) is 0 Å². The molecule has 1 atom stereocenters. The summed E-state index contributed by atoms with van der Waals surface area (Å²) < 4.78 is 0. The molecule has 70 valence electrons. The van der Waals surface area contributed by atoms with Crippen molar-refractivity contribution in [1.82, 2.24) is 4.90 Å². The lowest BCUT2D eigenvalue weighted by atomic mass is 9.76. The molecule has 1 rings (SSSR count). The Labute approximate surface area is 76.5 Å². The summed E-state index contributed by atoms with van der Waals surface area (Å²) in [6, 6.07) is 0. The molecule has 0 radical (unpaired) electrons. The molecule has 1 nitrogen and oxygen atoms in total. The molecule has 1 aliphatic heterocycles. The molecule has 12 heavy (non-hydrogen) atoms. The lowest BCUT2D eigenvalue weighted by Gasteiger charge is -2.40. The van der Waals surface area contributed by atoms with E-state index in [-0.39, 0.29) is 0 Å². The normalized spacial score (nSPS) is 26.2. The molecule has 0 bridgehead atoms. The maximum absolute atomic E-state index is 4.04. The highest BCUT2D eigenvalue weighted by Gasteiger charge is 2.29. The molecule has 0 aromatic rings. The van der Waals surface area contributed by atoms with Crippen molar-refractivity contribution in [2.75, 3.05) is 13.6 Å². The van der Waals surface area contributed by atoms with E-state index in [0.29, 0.717) is 5.41 Å². The molecular weight excluding hydrogens is 146 g/mol. The number of hydrogen-bond acceptors (Lipinski definition) is 1. The Kier molecular flexibility index (Phi) is 2.50. The van der Waals surface area contributed by atoms with Gasteiger partial charge in [-0.1, -0.05) is 27.4 Å². The third-order valence-corrected chi connectivity index (χ3v) is 3.04. The molecule has 1 fully saturated rings. The van der Waals surface area contributed by atoms with Crippen LogP contribution >= 0.6 is 0 Å². The van der Waals surface area contributed by atoms with Gasteiger partial charge in [0.1, 0.15) is 0 Å². The van der Waals surface area contributed by atoms with E-state index >= 15 is 0 Å². The van der Waals surface area contributed by atoms with Gasteiger partial charge in [-0.2, -0.15) is 0 Å². The maximum Gasteiger partial charge on any atom is 0.0205 e. The predicted molar refractivity (Wildman–Crippen MR) is 53.9 cm³/mol. The van der Waals surface area contributed by atoms with Crippen LogP contribution < -0.4 is 0 Å². The minimum absolute atomic E-state index is 0.453. The van der Waals surface area contributed by atoms with Crippen molar-refractivity contribution in [3.63, 3.8) is 0 Å². The highest BCUT2D eigenvalue weighted by Crippen LogP contribution is 2.35. The summed E-state index contributed by atoms with van der Waals surface area (Å²) in [5.74, 6) is 0.827. The predicted octanol–water partition coefficient (Wildman–Crippen LogP) is 2.89. The lowest BCUT2D eigenvalue weighted by molar-refractivity contribution is 0.146. The number of nitrogens with zero attached hydrogens (tertiary/aromatic N) is 1. The topological polar surface area (TPSA) is 3.24 Å². The van der Waals surface area contributed by atoms with Crippen LogP contribution in [0.1, 0.15) is 33.6 Å². The van der Waals surface area contributed by atoms with Crippen LogP contribution in [0.3, 0.4) is 0 Å². The molecule has 1 heteroatoms. The van der Waals surface area contributed by atoms with Gasteiger partial charge >= 0.3 is 0 Å². The zero-order valence-corrected chi connectivity index (χ0v) is 8.85. The van der Waals surface area contributed by atoms with Gasteiger partial charge in [0.05, 0.1) is 0 Å². The van der Waals surface area contributed by atoms with Crippen molar-refractivity contribution in [2.24, 2.45) is 11.3 Å². The van der Waals surface area contributed by atoms with Crippen molar-refractivity contribution in [2.45, 2.75) is 33.6 Å². The quantitative estimate of drug-likeness (QED) is 0.536. The fourth-order valence-corrected chi connectivity index (χ4v) is 1.79. The fraction of sp³-hybridized carbons (Fsp3) is 0.818. The highest BCUT2D eigenvalue weighted by atomic mass is 15.1. The van der Waals surface area contributed by atoms with E-state index in [1.165, 1.54) is 25.1 Å². The van der Waals surface area contributed by atoms with Crippen molar-refractivity contribution < 1.29 is 0 Å². The van der Waals surface area contributed by atoms with E-state index in [2.05, 4.69) is 39.3 Å². The van der Waals surface area contributed by atoms with Crippen LogP contribution in [0.25, 0.3) is 0 Å². The van der Waals surface area contributed by atoms with Gasteiger partial charge in [0, 0.05) is 19.3 Å². The second-order valence-corrected chi connectivity index (χ2v) is 5.05. The van der Waals surface area contributed by atoms with Gasteiger partial charge in [-0.3, -0.25) is 0 Å².